The quantitative estimate of drug-likeness (QED) is 0.544. The van der Waals surface area contributed by atoms with E-state index in [1.165, 1.54) is 0 Å². The summed E-state index contributed by atoms with van der Waals surface area (Å²) in [5.41, 5.74) is 1.99. The van der Waals surface area contributed by atoms with Gasteiger partial charge in [0.25, 0.3) is 0 Å². The number of nitrogens with zero attached hydrogens (tertiary/aromatic N) is 3. The lowest BCUT2D eigenvalue weighted by molar-refractivity contribution is -0.128. The van der Waals surface area contributed by atoms with Gasteiger partial charge in [-0.05, 0) is 18.2 Å². The van der Waals surface area contributed by atoms with E-state index >= 15 is 0 Å². The molecule has 1 amide bonds. The van der Waals surface area contributed by atoms with E-state index in [-0.39, 0.29) is 12.5 Å². The lowest BCUT2D eigenvalue weighted by Gasteiger charge is -2.18. The molecule has 0 atom stereocenters. The van der Waals surface area contributed by atoms with Gasteiger partial charge in [-0.15, -0.1) is 0 Å². The number of hydrogen-bond donors (Lipinski definition) is 2. The third kappa shape index (κ3) is 6.62. The Morgan fingerprint density at radius 1 is 1.19 bits per heavy atom. The summed E-state index contributed by atoms with van der Waals surface area (Å²) in [4.78, 5) is 22.4. The molecule has 27 heavy (non-hydrogen) atoms. The van der Waals surface area contributed by atoms with Gasteiger partial charge in [-0.2, -0.15) is 0 Å². The summed E-state index contributed by atoms with van der Waals surface area (Å²) < 4.78 is 5.34. The van der Waals surface area contributed by atoms with E-state index in [9.17, 15) is 4.79 Å². The number of rotatable bonds is 8. The van der Waals surface area contributed by atoms with Gasteiger partial charge >= 0.3 is 0 Å². The summed E-state index contributed by atoms with van der Waals surface area (Å²) in [5.74, 6) is 1.37. The highest BCUT2D eigenvalue weighted by atomic mass is 16.5. The van der Waals surface area contributed by atoms with Crippen molar-refractivity contribution in [3.05, 3.63) is 59.9 Å². The molecule has 0 radical (unpaired) electrons. The number of nitrogens with one attached hydrogen (secondary N) is 2. The monoisotopic (exact) mass is 369 g/mol. The Kier molecular flexibility index (Phi) is 8.09. The average molecular weight is 369 g/mol. The van der Waals surface area contributed by atoms with E-state index in [2.05, 4.69) is 20.6 Å². The molecule has 0 bridgehead atoms. The molecule has 7 nitrogen and oxygen atoms in total. The molecule has 0 saturated heterocycles. The zero-order chi connectivity index (χ0) is 19.5. The summed E-state index contributed by atoms with van der Waals surface area (Å²) in [6.07, 6.45) is 2.49. The second kappa shape index (κ2) is 10.8. The second-order valence-corrected chi connectivity index (χ2v) is 5.98. The number of aliphatic imine (C=N–C) groups is 1. The molecule has 1 aromatic heterocycles. The first kappa shape index (κ1) is 20.2. The van der Waals surface area contributed by atoms with E-state index in [0.29, 0.717) is 19.0 Å². The van der Waals surface area contributed by atoms with E-state index < -0.39 is 0 Å². The summed E-state index contributed by atoms with van der Waals surface area (Å²) in [6.45, 7) is 1.34. The Labute approximate surface area is 160 Å². The minimum absolute atomic E-state index is 0.00817. The van der Waals surface area contributed by atoms with Crippen molar-refractivity contribution in [2.75, 3.05) is 34.3 Å². The summed E-state index contributed by atoms with van der Waals surface area (Å²) in [5, 5.41) is 6.24. The van der Waals surface area contributed by atoms with Crippen molar-refractivity contribution in [3.8, 4) is 5.75 Å². The topological polar surface area (TPSA) is 78.9 Å². The molecule has 0 unspecified atom stereocenters. The Morgan fingerprint density at radius 3 is 2.67 bits per heavy atom. The number of likely N-dealkylation sites (N-methyl/N-ethyl adjacent to an activating group) is 1. The highest BCUT2D eigenvalue weighted by Crippen LogP contribution is 2.16. The van der Waals surface area contributed by atoms with Gasteiger partial charge in [0.05, 0.1) is 13.7 Å². The fourth-order valence-electron chi connectivity index (χ4n) is 2.50. The molecular formula is C20H27N5O2. The molecule has 7 heteroatoms. The van der Waals surface area contributed by atoms with E-state index in [0.717, 1.165) is 23.4 Å². The maximum absolute atomic E-state index is 12.3. The summed E-state index contributed by atoms with van der Waals surface area (Å²) in [7, 11) is 5.11. The number of amides is 1. The van der Waals surface area contributed by atoms with Gasteiger partial charge in [-0.3, -0.25) is 14.8 Å². The number of para-hydroxylation sites is 1. The number of methoxy groups -OCH3 is 1. The zero-order valence-electron chi connectivity index (χ0n) is 16.1. The van der Waals surface area contributed by atoms with E-state index in [4.69, 9.17) is 4.74 Å². The van der Waals surface area contributed by atoms with E-state index in [1.807, 2.05) is 42.5 Å². The minimum atomic E-state index is -0.00817. The van der Waals surface area contributed by atoms with Gasteiger partial charge in [-0.1, -0.05) is 24.3 Å². The average Bonchev–Trinajstić information content (AvgIpc) is 2.72. The predicted molar refractivity (Wildman–Crippen MR) is 107 cm³/mol. The number of carbonyl (C=O) groups excluding carboxylic acids is 1. The van der Waals surface area contributed by atoms with Crippen LogP contribution in [-0.2, 0) is 17.8 Å². The minimum Gasteiger partial charge on any atom is -0.496 e. The van der Waals surface area contributed by atoms with Crippen LogP contribution in [0.3, 0.4) is 0 Å². The Morgan fingerprint density at radius 2 is 1.96 bits per heavy atom. The third-order valence-corrected chi connectivity index (χ3v) is 4.12. The molecule has 0 saturated carbocycles. The largest absolute Gasteiger partial charge is 0.496 e. The summed E-state index contributed by atoms with van der Waals surface area (Å²) >= 11 is 0. The maximum atomic E-state index is 12.3. The SMILES string of the molecule is CN=C(NCC(=O)N(C)CCc1ccccn1)NCc1ccccc1OC. The Balaban J connectivity index is 1.76. The van der Waals surface area contributed by atoms with Crippen LogP contribution in [0, 0.1) is 0 Å². The fraction of sp³-hybridized carbons (Fsp3) is 0.350. The van der Waals surface area contributed by atoms with Crippen molar-refractivity contribution in [2.24, 2.45) is 4.99 Å². The van der Waals surface area contributed by atoms with Crippen molar-refractivity contribution < 1.29 is 9.53 Å². The molecule has 2 N–H and O–H groups in total. The number of benzene rings is 1. The number of ether oxygens (including phenoxy) is 1. The van der Waals surface area contributed by atoms with Crippen LogP contribution in [0.4, 0.5) is 0 Å². The molecule has 1 aromatic carbocycles. The number of pyridine rings is 1. The highest BCUT2D eigenvalue weighted by molar-refractivity contribution is 5.86. The van der Waals surface area contributed by atoms with Gasteiger partial charge in [0, 0.05) is 51.1 Å². The van der Waals surface area contributed by atoms with Crippen molar-refractivity contribution in [1.82, 2.24) is 20.5 Å². The van der Waals surface area contributed by atoms with Crippen molar-refractivity contribution in [2.45, 2.75) is 13.0 Å². The molecule has 144 valence electrons. The van der Waals surface area contributed by atoms with Crippen molar-refractivity contribution in [3.63, 3.8) is 0 Å². The van der Waals surface area contributed by atoms with Crippen LogP contribution >= 0.6 is 0 Å². The first-order chi connectivity index (χ1) is 13.1. The Bertz CT molecular complexity index is 749. The highest BCUT2D eigenvalue weighted by Gasteiger charge is 2.10. The van der Waals surface area contributed by atoms with Crippen LogP contribution < -0.4 is 15.4 Å². The van der Waals surface area contributed by atoms with Gasteiger partial charge < -0.3 is 20.3 Å². The molecule has 0 aliphatic carbocycles. The van der Waals surface area contributed by atoms with Gasteiger partial charge in [0.15, 0.2) is 5.96 Å². The molecular weight excluding hydrogens is 342 g/mol. The van der Waals surface area contributed by atoms with E-state index in [1.54, 1.807) is 32.3 Å². The second-order valence-electron chi connectivity index (χ2n) is 5.98. The number of guanidine groups is 1. The normalized spacial score (nSPS) is 11.0. The fourth-order valence-corrected chi connectivity index (χ4v) is 2.50. The lowest BCUT2D eigenvalue weighted by Crippen LogP contribution is -2.43. The van der Waals surface area contributed by atoms with Gasteiger partial charge in [0.2, 0.25) is 5.91 Å². The van der Waals surface area contributed by atoms with Crippen molar-refractivity contribution >= 4 is 11.9 Å². The van der Waals surface area contributed by atoms with Gasteiger partial charge in [-0.25, -0.2) is 0 Å². The van der Waals surface area contributed by atoms with Crippen LogP contribution in [0.15, 0.2) is 53.7 Å². The molecule has 0 aliphatic rings. The summed E-state index contributed by atoms with van der Waals surface area (Å²) in [6, 6.07) is 13.6. The standard InChI is InChI=1S/C20H27N5O2/c1-21-20(23-14-16-8-4-5-10-18(16)27-3)24-15-19(26)25(2)13-11-17-9-6-7-12-22-17/h4-10,12H,11,13-15H2,1-3H3,(H2,21,23,24). The predicted octanol–water partition coefficient (Wildman–Crippen LogP) is 1.46. The maximum Gasteiger partial charge on any atom is 0.241 e. The zero-order valence-corrected chi connectivity index (χ0v) is 16.1. The molecule has 0 fully saturated rings. The number of aromatic nitrogens is 1. The first-order valence-electron chi connectivity index (χ1n) is 8.84. The molecule has 0 aliphatic heterocycles. The van der Waals surface area contributed by atoms with Crippen LogP contribution in [0.2, 0.25) is 0 Å². The smallest absolute Gasteiger partial charge is 0.241 e. The van der Waals surface area contributed by atoms with Gasteiger partial charge in [0.1, 0.15) is 5.75 Å². The van der Waals surface area contributed by atoms with Crippen molar-refractivity contribution in [1.29, 1.82) is 0 Å². The first-order valence-corrected chi connectivity index (χ1v) is 8.84. The number of carbonyl (C=O) groups is 1. The molecule has 0 spiro atoms. The lowest BCUT2D eigenvalue weighted by atomic mass is 10.2. The molecule has 2 rings (SSSR count). The van der Waals surface area contributed by atoms with Crippen LogP contribution in [0.1, 0.15) is 11.3 Å². The molecule has 1 heterocycles. The number of hydrogen-bond acceptors (Lipinski definition) is 4. The molecule has 2 aromatic rings. The van der Waals surface area contributed by atoms with Crippen LogP contribution in [0.5, 0.6) is 5.75 Å². The Hall–Kier alpha value is -3.09. The third-order valence-electron chi connectivity index (χ3n) is 4.12. The van der Waals surface area contributed by atoms with Crippen LogP contribution in [0.25, 0.3) is 0 Å². The van der Waals surface area contributed by atoms with Crippen LogP contribution in [-0.4, -0.2) is 56.0 Å².